The topological polar surface area (TPSA) is 72.2 Å². The molecule has 148 valence electrons. The van der Waals surface area contributed by atoms with Crippen LogP contribution in [0.4, 0.5) is 0 Å². The van der Waals surface area contributed by atoms with E-state index in [9.17, 15) is 9.59 Å². The van der Waals surface area contributed by atoms with E-state index < -0.39 is 6.04 Å². The second kappa shape index (κ2) is 7.32. The van der Waals surface area contributed by atoms with Gasteiger partial charge in [0.25, 0.3) is 5.91 Å². The number of furan rings is 1. The van der Waals surface area contributed by atoms with E-state index in [-0.39, 0.29) is 22.9 Å². The Balaban J connectivity index is 1.69. The normalized spacial score (nSPS) is 16.2. The molecule has 29 heavy (non-hydrogen) atoms. The van der Waals surface area contributed by atoms with E-state index in [0.717, 1.165) is 11.3 Å². The first-order valence-electron chi connectivity index (χ1n) is 9.78. The van der Waals surface area contributed by atoms with E-state index in [2.05, 4.69) is 10.3 Å². The zero-order valence-electron chi connectivity index (χ0n) is 16.9. The van der Waals surface area contributed by atoms with E-state index in [4.69, 9.17) is 4.42 Å². The van der Waals surface area contributed by atoms with Crippen molar-refractivity contribution in [2.75, 3.05) is 0 Å². The summed E-state index contributed by atoms with van der Waals surface area (Å²) in [5, 5.41) is 3.04. The van der Waals surface area contributed by atoms with Gasteiger partial charge in [-0.3, -0.25) is 14.6 Å². The van der Waals surface area contributed by atoms with Crippen molar-refractivity contribution in [2.45, 2.75) is 39.7 Å². The summed E-state index contributed by atoms with van der Waals surface area (Å²) >= 11 is 0. The number of nitrogens with one attached hydrogen (secondary N) is 1. The molecule has 3 aromatic rings. The van der Waals surface area contributed by atoms with Crippen LogP contribution in [0.15, 0.2) is 59.1 Å². The molecule has 0 spiro atoms. The fraction of sp³-hybridized carbons (Fsp3) is 0.292. The number of pyridine rings is 1. The van der Waals surface area contributed by atoms with E-state index in [0.29, 0.717) is 29.7 Å². The maximum absolute atomic E-state index is 13.2. The van der Waals surface area contributed by atoms with Gasteiger partial charge >= 0.3 is 0 Å². The van der Waals surface area contributed by atoms with Gasteiger partial charge in [0, 0.05) is 24.6 Å². The van der Waals surface area contributed by atoms with Crippen LogP contribution in [0.2, 0.25) is 0 Å². The van der Waals surface area contributed by atoms with Crippen molar-refractivity contribution in [3.05, 3.63) is 88.6 Å². The maximum atomic E-state index is 13.2. The Labute approximate surface area is 170 Å². The Bertz CT molecular complexity index is 1010. The van der Waals surface area contributed by atoms with Crippen LogP contribution in [0.5, 0.6) is 0 Å². The zero-order valence-corrected chi connectivity index (χ0v) is 16.9. The van der Waals surface area contributed by atoms with Crippen LogP contribution in [0, 0.1) is 12.3 Å². The monoisotopic (exact) mass is 388 g/mol. The highest BCUT2D eigenvalue weighted by atomic mass is 16.4. The zero-order chi connectivity index (χ0) is 20.6. The summed E-state index contributed by atoms with van der Waals surface area (Å²) in [6, 6.07) is 14.9. The van der Waals surface area contributed by atoms with Crippen molar-refractivity contribution >= 4 is 11.7 Å². The second-order valence-electron chi connectivity index (χ2n) is 8.37. The first kappa shape index (κ1) is 19.1. The lowest BCUT2D eigenvalue weighted by molar-refractivity contribution is 0.0885. The molecule has 0 saturated heterocycles. The fourth-order valence-corrected chi connectivity index (χ4v) is 4.02. The average molecular weight is 388 g/mol. The van der Waals surface area contributed by atoms with Gasteiger partial charge in [0.2, 0.25) is 0 Å². The van der Waals surface area contributed by atoms with Crippen molar-refractivity contribution in [1.82, 2.24) is 10.3 Å². The van der Waals surface area contributed by atoms with Gasteiger partial charge in [-0.05, 0) is 30.0 Å². The van der Waals surface area contributed by atoms with Crippen molar-refractivity contribution in [3.63, 3.8) is 0 Å². The van der Waals surface area contributed by atoms with Crippen LogP contribution in [-0.2, 0) is 6.42 Å². The summed E-state index contributed by atoms with van der Waals surface area (Å²) in [5.41, 5.74) is 2.68. The molecule has 2 heterocycles. The molecule has 1 aliphatic rings. The highest BCUT2D eigenvalue weighted by Crippen LogP contribution is 2.38. The van der Waals surface area contributed by atoms with Crippen LogP contribution in [0.25, 0.3) is 0 Å². The number of benzene rings is 1. The third kappa shape index (κ3) is 3.73. The Morgan fingerprint density at radius 1 is 1.10 bits per heavy atom. The van der Waals surface area contributed by atoms with Gasteiger partial charge in [0.1, 0.15) is 5.76 Å². The highest BCUT2D eigenvalue weighted by molar-refractivity contribution is 6.03. The standard InChI is InChI=1S/C24H24N2O3/c1-15-20-18(27)13-24(2,3)14-19(20)29-22(15)23(28)26-21(16-9-5-4-6-10-16)17-11-7-8-12-25-17/h4-12,21H,13-14H2,1-3H3,(H,26,28)/t21-/m1/s1. The van der Waals surface area contributed by atoms with Gasteiger partial charge in [-0.15, -0.1) is 0 Å². The minimum absolute atomic E-state index is 0.0425. The smallest absolute Gasteiger partial charge is 0.288 e. The largest absolute Gasteiger partial charge is 0.455 e. The molecular weight excluding hydrogens is 364 g/mol. The fourth-order valence-electron chi connectivity index (χ4n) is 4.02. The molecule has 1 aromatic carbocycles. The first-order chi connectivity index (χ1) is 13.9. The van der Waals surface area contributed by atoms with Crippen LogP contribution in [0.3, 0.4) is 0 Å². The van der Waals surface area contributed by atoms with Gasteiger partial charge in [-0.2, -0.15) is 0 Å². The molecule has 4 rings (SSSR count). The number of amides is 1. The molecule has 5 nitrogen and oxygen atoms in total. The average Bonchev–Trinajstić information content (AvgIpc) is 3.02. The molecule has 0 saturated carbocycles. The minimum Gasteiger partial charge on any atom is -0.455 e. The lowest BCUT2D eigenvalue weighted by atomic mass is 9.76. The number of hydrogen-bond acceptors (Lipinski definition) is 4. The number of nitrogens with zero attached hydrogens (tertiary/aromatic N) is 1. The quantitative estimate of drug-likeness (QED) is 0.706. The van der Waals surface area contributed by atoms with Crippen molar-refractivity contribution < 1.29 is 14.0 Å². The van der Waals surface area contributed by atoms with E-state index in [1.807, 2.05) is 62.4 Å². The Morgan fingerprint density at radius 2 is 1.83 bits per heavy atom. The molecule has 0 aliphatic heterocycles. The number of rotatable bonds is 4. The molecule has 0 radical (unpaired) electrons. The Hall–Kier alpha value is -3.21. The molecule has 1 N–H and O–H groups in total. The van der Waals surface area contributed by atoms with E-state index in [1.165, 1.54) is 0 Å². The molecule has 0 bridgehead atoms. The van der Waals surface area contributed by atoms with Crippen LogP contribution >= 0.6 is 0 Å². The maximum Gasteiger partial charge on any atom is 0.288 e. The van der Waals surface area contributed by atoms with E-state index in [1.54, 1.807) is 13.1 Å². The number of aromatic nitrogens is 1. The van der Waals surface area contributed by atoms with Gasteiger partial charge in [0.15, 0.2) is 11.5 Å². The Kier molecular flexibility index (Phi) is 4.82. The molecule has 1 aliphatic carbocycles. The van der Waals surface area contributed by atoms with Gasteiger partial charge < -0.3 is 9.73 Å². The van der Waals surface area contributed by atoms with E-state index >= 15 is 0 Å². The van der Waals surface area contributed by atoms with Crippen LogP contribution in [0.1, 0.15) is 69.8 Å². The minimum atomic E-state index is -0.418. The SMILES string of the molecule is Cc1c(C(=O)N[C@H](c2ccccc2)c2ccccn2)oc2c1C(=O)CC(C)(C)C2. The molecule has 0 unspecified atom stereocenters. The number of fused-ring (bicyclic) bond motifs is 1. The van der Waals surface area contributed by atoms with Crippen LogP contribution < -0.4 is 5.32 Å². The molecule has 2 aromatic heterocycles. The number of ketones is 1. The first-order valence-corrected chi connectivity index (χ1v) is 9.78. The summed E-state index contributed by atoms with van der Waals surface area (Å²) in [6.07, 6.45) is 2.81. The summed E-state index contributed by atoms with van der Waals surface area (Å²) in [7, 11) is 0. The lowest BCUT2D eigenvalue weighted by Crippen LogP contribution is -2.30. The summed E-state index contributed by atoms with van der Waals surface area (Å²) < 4.78 is 5.92. The number of carbonyl (C=O) groups excluding carboxylic acids is 2. The third-order valence-electron chi connectivity index (χ3n) is 5.37. The van der Waals surface area contributed by atoms with Gasteiger partial charge in [-0.1, -0.05) is 50.2 Å². The van der Waals surface area contributed by atoms with Gasteiger partial charge in [0.05, 0.1) is 17.3 Å². The van der Waals surface area contributed by atoms with Crippen molar-refractivity contribution in [1.29, 1.82) is 0 Å². The summed E-state index contributed by atoms with van der Waals surface area (Å²) in [5.74, 6) is 0.517. The van der Waals surface area contributed by atoms with Crippen molar-refractivity contribution in [2.24, 2.45) is 5.41 Å². The molecule has 1 atom stereocenters. The second-order valence-corrected chi connectivity index (χ2v) is 8.37. The molecule has 0 fully saturated rings. The third-order valence-corrected chi connectivity index (χ3v) is 5.37. The van der Waals surface area contributed by atoms with Crippen LogP contribution in [-0.4, -0.2) is 16.7 Å². The predicted molar refractivity (Wildman–Crippen MR) is 110 cm³/mol. The molecular formula is C24H24N2O3. The predicted octanol–water partition coefficient (Wildman–Crippen LogP) is 4.66. The molecule has 5 heteroatoms. The lowest BCUT2D eigenvalue weighted by Gasteiger charge is -2.27. The van der Waals surface area contributed by atoms with Gasteiger partial charge in [-0.25, -0.2) is 0 Å². The molecule has 1 amide bonds. The van der Waals surface area contributed by atoms with Crippen molar-refractivity contribution in [3.8, 4) is 0 Å². The number of Topliss-reactive ketones (excluding diaryl/α,β-unsaturated/α-hetero) is 1. The Morgan fingerprint density at radius 3 is 2.52 bits per heavy atom. The number of hydrogen-bond donors (Lipinski definition) is 1. The summed E-state index contributed by atoms with van der Waals surface area (Å²) in [4.78, 5) is 30.2. The highest BCUT2D eigenvalue weighted by Gasteiger charge is 2.37. The summed E-state index contributed by atoms with van der Waals surface area (Å²) in [6.45, 7) is 5.86. The number of carbonyl (C=O) groups is 2.